The summed E-state index contributed by atoms with van der Waals surface area (Å²) in [6, 6.07) is 3.44. The van der Waals surface area contributed by atoms with Crippen molar-refractivity contribution >= 4 is 5.91 Å². The van der Waals surface area contributed by atoms with Crippen molar-refractivity contribution in [3.8, 4) is 11.5 Å². The van der Waals surface area contributed by atoms with Gasteiger partial charge in [-0.1, -0.05) is 0 Å². The summed E-state index contributed by atoms with van der Waals surface area (Å²) >= 11 is 0. The molecule has 0 aliphatic rings. The van der Waals surface area contributed by atoms with Gasteiger partial charge in [-0.2, -0.15) is 0 Å². The van der Waals surface area contributed by atoms with Crippen LogP contribution in [-0.2, 0) is 6.54 Å². The second-order valence-corrected chi connectivity index (χ2v) is 3.75. The van der Waals surface area contributed by atoms with Crippen LogP contribution in [0.5, 0.6) is 11.5 Å². The third-order valence-electron chi connectivity index (χ3n) is 2.56. The van der Waals surface area contributed by atoms with Crippen LogP contribution in [0.25, 0.3) is 0 Å². The van der Waals surface area contributed by atoms with E-state index in [1.807, 2.05) is 14.0 Å². The normalized spacial score (nSPS) is 10.0. The third kappa shape index (κ3) is 3.13. The number of hydrogen-bond acceptors (Lipinski definition) is 4. The molecule has 0 aliphatic carbocycles. The Morgan fingerprint density at radius 3 is 2.17 bits per heavy atom. The zero-order valence-electron chi connectivity index (χ0n) is 11.3. The van der Waals surface area contributed by atoms with Gasteiger partial charge >= 0.3 is 0 Å². The van der Waals surface area contributed by atoms with Crippen molar-refractivity contribution in [1.82, 2.24) is 10.6 Å². The lowest BCUT2D eigenvalue weighted by molar-refractivity contribution is 0.0955. The molecule has 18 heavy (non-hydrogen) atoms. The van der Waals surface area contributed by atoms with Gasteiger partial charge in [-0.3, -0.25) is 4.79 Å². The lowest BCUT2D eigenvalue weighted by Crippen LogP contribution is -2.23. The minimum atomic E-state index is -0.134. The highest BCUT2D eigenvalue weighted by Gasteiger charge is 2.15. The maximum Gasteiger partial charge on any atom is 0.251 e. The second kappa shape index (κ2) is 6.86. The summed E-state index contributed by atoms with van der Waals surface area (Å²) < 4.78 is 10.6. The van der Waals surface area contributed by atoms with Crippen LogP contribution >= 0.6 is 0 Å². The van der Waals surface area contributed by atoms with E-state index in [1.54, 1.807) is 26.4 Å². The monoisotopic (exact) mass is 252 g/mol. The molecule has 1 amide bonds. The number of amides is 1. The van der Waals surface area contributed by atoms with Gasteiger partial charge in [-0.15, -0.1) is 0 Å². The predicted molar refractivity (Wildman–Crippen MR) is 70.3 cm³/mol. The average molecular weight is 252 g/mol. The molecule has 100 valence electrons. The molecule has 0 aromatic heterocycles. The van der Waals surface area contributed by atoms with Crippen LogP contribution in [0, 0.1) is 0 Å². The largest absolute Gasteiger partial charge is 0.496 e. The summed E-state index contributed by atoms with van der Waals surface area (Å²) in [6.07, 6.45) is 0. The van der Waals surface area contributed by atoms with Gasteiger partial charge in [-0.05, 0) is 26.1 Å². The number of rotatable bonds is 6. The van der Waals surface area contributed by atoms with Gasteiger partial charge < -0.3 is 20.1 Å². The summed E-state index contributed by atoms with van der Waals surface area (Å²) in [6.45, 7) is 3.07. The molecule has 0 spiro atoms. The third-order valence-corrected chi connectivity index (χ3v) is 2.56. The van der Waals surface area contributed by atoms with Gasteiger partial charge in [0.1, 0.15) is 11.5 Å². The van der Waals surface area contributed by atoms with Crippen LogP contribution in [0.4, 0.5) is 0 Å². The number of carbonyl (C=O) groups excluding carboxylic acids is 1. The van der Waals surface area contributed by atoms with Crippen molar-refractivity contribution in [3.63, 3.8) is 0 Å². The minimum absolute atomic E-state index is 0.134. The molecular weight excluding hydrogens is 232 g/mol. The summed E-state index contributed by atoms with van der Waals surface area (Å²) in [7, 11) is 5.00. The van der Waals surface area contributed by atoms with Crippen LogP contribution in [0.3, 0.4) is 0 Å². The van der Waals surface area contributed by atoms with Crippen LogP contribution in [-0.4, -0.2) is 33.7 Å². The Hall–Kier alpha value is -1.75. The predicted octanol–water partition coefficient (Wildman–Crippen LogP) is 1.17. The second-order valence-electron chi connectivity index (χ2n) is 3.75. The highest BCUT2D eigenvalue weighted by atomic mass is 16.5. The molecule has 0 atom stereocenters. The molecule has 0 aliphatic heterocycles. The molecule has 2 N–H and O–H groups in total. The standard InChI is InChI=1S/C13H20N2O3/c1-5-15-13(16)9-6-11(17-3)10(8-14-2)12(7-9)18-4/h6-7,14H,5,8H2,1-4H3,(H,15,16). The Labute approximate surface area is 107 Å². The molecule has 0 fully saturated rings. The summed E-state index contributed by atoms with van der Waals surface area (Å²) in [4.78, 5) is 11.8. The van der Waals surface area contributed by atoms with Crippen molar-refractivity contribution < 1.29 is 14.3 Å². The summed E-state index contributed by atoms with van der Waals surface area (Å²) in [5.41, 5.74) is 1.43. The van der Waals surface area contributed by atoms with E-state index >= 15 is 0 Å². The molecule has 5 heteroatoms. The topological polar surface area (TPSA) is 59.6 Å². The number of nitrogens with one attached hydrogen (secondary N) is 2. The lowest BCUT2D eigenvalue weighted by atomic mass is 10.1. The van der Waals surface area contributed by atoms with Crippen molar-refractivity contribution in [2.45, 2.75) is 13.5 Å². The first-order valence-electron chi connectivity index (χ1n) is 5.85. The SMILES string of the molecule is CCNC(=O)c1cc(OC)c(CNC)c(OC)c1. The molecule has 0 unspecified atom stereocenters. The van der Waals surface area contributed by atoms with Crippen LogP contribution in [0.15, 0.2) is 12.1 Å². The van der Waals surface area contributed by atoms with Gasteiger partial charge in [0.2, 0.25) is 0 Å². The van der Waals surface area contributed by atoms with Crippen molar-refractivity contribution in [3.05, 3.63) is 23.3 Å². The molecule has 1 aromatic rings. The van der Waals surface area contributed by atoms with E-state index < -0.39 is 0 Å². The fourth-order valence-electron chi connectivity index (χ4n) is 1.73. The molecule has 5 nitrogen and oxygen atoms in total. The highest BCUT2D eigenvalue weighted by molar-refractivity contribution is 5.95. The number of carbonyl (C=O) groups is 1. The van der Waals surface area contributed by atoms with Crippen LogP contribution in [0.1, 0.15) is 22.8 Å². The molecule has 0 saturated heterocycles. The Bertz CT molecular complexity index is 394. The van der Waals surface area contributed by atoms with Gasteiger partial charge in [0.25, 0.3) is 5.91 Å². The fraction of sp³-hybridized carbons (Fsp3) is 0.462. The van der Waals surface area contributed by atoms with E-state index in [0.717, 1.165) is 5.56 Å². The number of benzene rings is 1. The van der Waals surface area contributed by atoms with Crippen LogP contribution < -0.4 is 20.1 Å². The number of methoxy groups -OCH3 is 2. The Kier molecular flexibility index (Phi) is 5.45. The first kappa shape index (κ1) is 14.3. The maximum atomic E-state index is 11.8. The van der Waals surface area contributed by atoms with E-state index in [2.05, 4.69) is 10.6 Å². The average Bonchev–Trinajstić information content (AvgIpc) is 2.39. The number of ether oxygens (including phenoxy) is 2. The molecule has 0 radical (unpaired) electrons. The highest BCUT2D eigenvalue weighted by Crippen LogP contribution is 2.30. The fourth-order valence-corrected chi connectivity index (χ4v) is 1.73. The summed E-state index contributed by atoms with van der Waals surface area (Å²) in [5, 5.41) is 5.80. The van der Waals surface area contributed by atoms with Crippen molar-refractivity contribution in [1.29, 1.82) is 0 Å². The lowest BCUT2D eigenvalue weighted by Gasteiger charge is -2.15. The van der Waals surface area contributed by atoms with Crippen molar-refractivity contribution in [2.24, 2.45) is 0 Å². The van der Waals surface area contributed by atoms with Gasteiger partial charge in [0.15, 0.2) is 0 Å². The summed E-state index contributed by atoms with van der Waals surface area (Å²) in [5.74, 6) is 1.15. The minimum Gasteiger partial charge on any atom is -0.496 e. The molecule has 0 saturated carbocycles. The zero-order valence-corrected chi connectivity index (χ0v) is 11.3. The number of hydrogen-bond donors (Lipinski definition) is 2. The first-order chi connectivity index (χ1) is 8.67. The molecule has 0 heterocycles. The van der Waals surface area contributed by atoms with E-state index in [-0.39, 0.29) is 5.91 Å². The molecular formula is C13H20N2O3. The first-order valence-corrected chi connectivity index (χ1v) is 5.85. The maximum absolute atomic E-state index is 11.8. The Morgan fingerprint density at radius 1 is 1.22 bits per heavy atom. The van der Waals surface area contributed by atoms with Gasteiger partial charge in [-0.25, -0.2) is 0 Å². The Morgan fingerprint density at radius 2 is 1.78 bits per heavy atom. The van der Waals surface area contributed by atoms with E-state index in [4.69, 9.17) is 9.47 Å². The molecule has 1 aromatic carbocycles. The van der Waals surface area contributed by atoms with Gasteiger partial charge in [0.05, 0.1) is 14.2 Å². The van der Waals surface area contributed by atoms with E-state index in [0.29, 0.717) is 30.2 Å². The zero-order chi connectivity index (χ0) is 13.5. The molecule has 0 bridgehead atoms. The van der Waals surface area contributed by atoms with Crippen molar-refractivity contribution in [2.75, 3.05) is 27.8 Å². The van der Waals surface area contributed by atoms with E-state index in [1.165, 1.54) is 0 Å². The Balaban J connectivity index is 3.21. The molecule has 1 rings (SSSR count). The van der Waals surface area contributed by atoms with Gasteiger partial charge in [0, 0.05) is 24.2 Å². The van der Waals surface area contributed by atoms with E-state index in [9.17, 15) is 4.79 Å². The quantitative estimate of drug-likeness (QED) is 0.798. The van der Waals surface area contributed by atoms with Crippen LogP contribution in [0.2, 0.25) is 0 Å². The smallest absolute Gasteiger partial charge is 0.251 e.